The Balaban J connectivity index is 1.77. The van der Waals surface area contributed by atoms with Gasteiger partial charge in [-0.15, -0.1) is 0 Å². The molecule has 3 rings (SSSR count). The number of likely N-dealkylation sites (N-methyl/N-ethyl adjacent to an activating group) is 1. The topological polar surface area (TPSA) is 91.0 Å². The van der Waals surface area contributed by atoms with Crippen molar-refractivity contribution in [1.29, 1.82) is 0 Å². The number of amides is 4. The number of carbonyl (C=O) groups excluding carboxylic acids is 3. The molecule has 4 amide bonds. The molecule has 0 saturated heterocycles. The van der Waals surface area contributed by atoms with Crippen LogP contribution in [-0.4, -0.2) is 68.0 Å². The molecule has 2 aliphatic heterocycles. The van der Waals surface area contributed by atoms with Gasteiger partial charge in [0.2, 0.25) is 5.91 Å². The fraction of sp³-hybridized carbons (Fsp3) is 0.421. The number of nitrogens with zero attached hydrogens (tertiary/aromatic N) is 2. The quantitative estimate of drug-likeness (QED) is 0.667. The Hall–Kier alpha value is -2.58. The molecular formula is C19H23ClN4O4. The second kappa shape index (κ2) is 8.62. The van der Waals surface area contributed by atoms with E-state index >= 15 is 0 Å². The average Bonchev–Trinajstić information content (AvgIpc) is 2.99. The van der Waals surface area contributed by atoms with Crippen molar-refractivity contribution in [2.75, 3.05) is 40.4 Å². The number of nitrogens with one attached hydrogen (secondary N) is 2. The van der Waals surface area contributed by atoms with Crippen molar-refractivity contribution in [1.82, 2.24) is 20.4 Å². The van der Waals surface area contributed by atoms with Crippen LogP contribution in [0.1, 0.15) is 18.0 Å². The Morgan fingerprint density at radius 3 is 2.82 bits per heavy atom. The van der Waals surface area contributed by atoms with E-state index in [1.54, 1.807) is 38.4 Å². The van der Waals surface area contributed by atoms with Crippen molar-refractivity contribution in [2.45, 2.75) is 12.5 Å². The Morgan fingerprint density at radius 2 is 2.11 bits per heavy atom. The van der Waals surface area contributed by atoms with Crippen molar-refractivity contribution in [3.8, 4) is 0 Å². The molecule has 2 aliphatic rings. The van der Waals surface area contributed by atoms with Gasteiger partial charge in [0.15, 0.2) is 0 Å². The second-order valence-electron chi connectivity index (χ2n) is 6.68. The molecule has 2 heterocycles. The minimum Gasteiger partial charge on any atom is -0.385 e. The molecule has 1 unspecified atom stereocenters. The molecule has 150 valence electrons. The Bertz CT molecular complexity index is 826. The highest BCUT2D eigenvalue weighted by molar-refractivity contribution is 6.31. The Kier molecular flexibility index (Phi) is 6.21. The third-order valence-corrected chi connectivity index (χ3v) is 5.18. The van der Waals surface area contributed by atoms with Crippen LogP contribution in [-0.2, 0) is 14.3 Å². The first-order valence-electron chi connectivity index (χ1n) is 9.00. The van der Waals surface area contributed by atoms with Crippen LogP contribution < -0.4 is 10.6 Å². The summed E-state index contributed by atoms with van der Waals surface area (Å²) in [6.45, 7) is 1.15. The van der Waals surface area contributed by atoms with Crippen LogP contribution in [0.2, 0.25) is 5.02 Å². The van der Waals surface area contributed by atoms with E-state index in [4.69, 9.17) is 16.3 Å². The maximum Gasteiger partial charge on any atom is 0.322 e. The SMILES string of the molecule is COCCCNC(=O)CN1CC2=C(C1=O)C(c1ccccc1Cl)NC(=O)N2C. The zero-order chi connectivity index (χ0) is 20.3. The third-order valence-electron chi connectivity index (χ3n) is 4.83. The van der Waals surface area contributed by atoms with E-state index < -0.39 is 6.04 Å². The molecule has 9 heteroatoms. The molecular weight excluding hydrogens is 384 g/mol. The molecule has 0 bridgehead atoms. The second-order valence-corrected chi connectivity index (χ2v) is 7.09. The lowest BCUT2D eigenvalue weighted by Gasteiger charge is -2.31. The molecule has 1 aromatic carbocycles. The fourth-order valence-corrected chi connectivity index (χ4v) is 3.61. The van der Waals surface area contributed by atoms with Crippen molar-refractivity contribution in [2.24, 2.45) is 0 Å². The molecule has 0 saturated carbocycles. The molecule has 0 fully saturated rings. The largest absolute Gasteiger partial charge is 0.385 e. The molecule has 1 aromatic rings. The first-order valence-corrected chi connectivity index (χ1v) is 9.38. The number of ether oxygens (including phenoxy) is 1. The number of methoxy groups -OCH3 is 1. The predicted octanol–water partition coefficient (Wildman–Crippen LogP) is 1.29. The van der Waals surface area contributed by atoms with E-state index in [0.29, 0.717) is 41.4 Å². The third kappa shape index (κ3) is 3.98. The minimum absolute atomic E-state index is 0.0733. The number of hydrogen-bond acceptors (Lipinski definition) is 4. The maximum atomic E-state index is 13.0. The van der Waals surface area contributed by atoms with Gasteiger partial charge >= 0.3 is 6.03 Å². The molecule has 28 heavy (non-hydrogen) atoms. The predicted molar refractivity (Wildman–Crippen MR) is 104 cm³/mol. The number of halogens is 1. The molecule has 0 radical (unpaired) electrons. The zero-order valence-electron chi connectivity index (χ0n) is 15.8. The highest BCUT2D eigenvalue weighted by Gasteiger charge is 2.43. The lowest BCUT2D eigenvalue weighted by Crippen LogP contribution is -2.45. The highest BCUT2D eigenvalue weighted by Crippen LogP contribution is 2.37. The summed E-state index contributed by atoms with van der Waals surface area (Å²) in [4.78, 5) is 40.5. The van der Waals surface area contributed by atoms with Gasteiger partial charge in [-0.3, -0.25) is 14.5 Å². The summed E-state index contributed by atoms with van der Waals surface area (Å²) < 4.78 is 4.95. The van der Waals surface area contributed by atoms with E-state index in [2.05, 4.69) is 10.6 Å². The van der Waals surface area contributed by atoms with Gasteiger partial charge < -0.3 is 20.3 Å². The van der Waals surface area contributed by atoms with Crippen molar-refractivity contribution in [3.63, 3.8) is 0 Å². The lowest BCUT2D eigenvalue weighted by atomic mass is 9.96. The van der Waals surface area contributed by atoms with Crippen LogP contribution in [0, 0.1) is 0 Å². The van der Waals surface area contributed by atoms with E-state index in [1.165, 1.54) is 9.80 Å². The van der Waals surface area contributed by atoms with Gasteiger partial charge in [0.25, 0.3) is 5.91 Å². The van der Waals surface area contributed by atoms with Crippen LogP contribution in [0.15, 0.2) is 35.5 Å². The molecule has 8 nitrogen and oxygen atoms in total. The number of carbonyl (C=O) groups is 3. The summed E-state index contributed by atoms with van der Waals surface area (Å²) >= 11 is 6.30. The molecule has 0 aliphatic carbocycles. The summed E-state index contributed by atoms with van der Waals surface area (Å²) in [5.41, 5.74) is 1.69. The fourth-order valence-electron chi connectivity index (χ4n) is 3.37. The average molecular weight is 407 g/mol. The molecule has 2 N–H and O–H groups in total. The lowest BCUT2D eigenvalue weighted by molar-refractivity contribution is -0.131. The van der Waals surface area contributed by atoms with Gasteiger partial charge in [0, 0.05) is 32.3 Å². The molecule has 1 atom stereocenters. The van der Waals surface area contributed by atoms with Crippen molar-refractivity contribution >= 4 is 29.4 Å². The minimum atomic E-state index is -0.644. The summed E-state index contributed by atoms with van der Waals surface area (Å²) in [6, 6.07) is 6.12. The number of urea groups is 1. The monoisotopic (exact) mass is 406 g/mol. The van der Waals surface area contributed by atoms with Crippen LogP contribution in [0.25, 0.3) is 0 Å². The first-order chi connectivity index (χ1) is 13.4. The van der Waals surface area contributed by atoms with Gasteiger partial charge in [-0.05, 0) is 18.1 Å². The van der Waals surface area contributed by atoms with Gasteiger partial charge in [0.05, 0.1) is 23.9 Å². The summed E-state index contributed by atoms with van der Waals surface area (Å²) in [6.07, 6.45) is 0.695. The van der Waals surface area contributed by atoms with Gasteiger partial charge in [0.1, 0.15) is 6.54 Å². The number of rotatable bonds is 7. The van der Waals surface area contributed by atoms with Gasteiger partial charge in [-0.25, -0.2) is 4.79 Å². The summed E-state index contributed by atoms with van der Waals surface area (Å²) in [5, 5.41) is 6.06. The van der Waals surface area contributed by atoms with Crippen LogP contribution in [0.5, 0.6) is 0 Å². The standard InChI is InChI=1S/C19H23ClN4O4/c1-23-14-10-24(11-15(25)21-8-5-9-28-2)18(26)16(14)17(22-19(23)27)12-6-3-4-7-13(12)20/h3-4,6-7,17H,5,8-11H2,1-2H3,(H,21,25)(H,22,27). The van der Waals surface area contributed by atoms with Crippen LogP contribution >= 0.6 is 11.6 Å². The zero-order valence-corrected chi connectivity index (χ0v) is 16.6. The molecule has 0 aromatic heterocycles. The number of hydrogen-bond donors (Lipinski definition) is 2. The van der Waals surface area contributed by atoms with Crippen molar-refractivity contribution in [3.05, 3.63) is 46.1 Å². The highest BCUT2D eigenvalue weighted by atomic mass is 35.5. The Morgan fingerprint density at radius 1 is 1.36 bits per heavy atom. The summed E-state index contributed by atoms with van der Waals surface area (Å²) in [5.74, 6) is -0.528. The van der Waals surface area contributed by atoms with E-state index in [0.717, 1.165) is 0 Å². The smallest absolute Gasteiger partial charge is 0.322 e. The van der Waals surface area contributed by atoms with Crippen molar-refractivity contribution < 1.29 is 19.1 Å². The molecule has 0 spiro atoms. The Labute approximate surface area is 168 Å². The van der Waals surface area contributed by atoms with E-state index in [1.807, 2.05) is 0 Å². The van der Waals surface area contributed by atoms with E-state index in [9.17, 15) is 14.4 Å². The first kappa shape index (κ1) is 20.2. The van der Waals surface area contributed by atoms with Gasteiger partial charge in [-0.1, -0.05) is 29.8 Å². The van der Waals surface area contributed by atoms with Gasteiger partial charge in [-0.2, -0.15) is 0 Å². The van der Waals surface area contributed by atoms with Crippen LogP contribution in [0.3, 0.4) is 0 Å². The number of benzene rings is 1. The van der Waals surface area contributed by atoms with E-state index in [-0.39, 0.29) is 30.9 Å². The maximum absolute atomic E-state index is 13.0. The normalized spacial score (nSPS) is 19.0. The van der Waals surface area contributed by atoms with Crippen LogP contribution in [0.4, 0.5) is 4.79 Å². The summed E-state index contributed by atoms with van der Waals surface area (Å²) in [7, 11) is 3.21.